The summed E-state index contributed by atoms with van der Waals surface area (Å²) in [6.07, 6.45) is 4.64. The van der Waals surface area contributed by atoms with Crippen molar-refractivity contribution in [3.8, 4) is 29.0 Å². The van der Waals surface area contributed by atoms with Crippen molar-refractivity contribution in [2.45, 2.75) is 44.0 Å². The second-order valence-corrected chi connectivity index (χ2v) is 8.54. The molecule has 1 aliphatic carbocycles. The van der Waals surface area contributed by atoms with Crippen LogP contribution in [0, 0.1) is 23.2 Å². The number of hydrogen-bond acceptors (Lipinski definition) is 6. The van der Waals surface area contributed by atoms with Crippen LogP contribution in [0.25, 0.3) is 11.1 Å². The number of hydrogen-bond donors (Lipinski definition) is 4. The Kier molecular flexibility index (Phi) is 7.61. The van der Waals surface area contributed by atoms with Crippen molar-refractivity contribution >= 4 is 5.69 Å². The Morgan fingerprint density at radius 1 is 1.09 bits per heavy atom. The van der Waals surface area contributed by atoms with E-state index in [0.717, 1.165) is 35.2 Å². The maximum absolute atomic E-state index is 9.85. The first-order valence-corrected chi connectivity index (χ1v) is 11.5. The van der Waals surface area contributed by atoms with Crippen LogP contribution in [0.2, 0.25) is 0 Å². The average molecular weight is 456 g/mol. The Bertz CT molecular complexity index is 1180. The zero-order valence-corrected chi connectivity index (χ0v) is 19.1. The van der Waals surface area contributed by atoms with Crippen LogP contribution in [0.4, 0.5) is 5.69 Å². The smallest absolute Gasteiger partial charge is 0.138 e. The van der Waals surface area contributed by atoms with Crippen LogP contribution in [-0.4, -0.2) is 45.0 Å². The summed E-state index contributed by atoms with van der Waals surface area (Å²) >= 11 is 0. The third-order valence-corrected chi connectivity index (χ3v) is 6.05. The first-order chi connectivity index (χ1) is 16.6. The number of aliphatic hydroxyl groups is 2. The van der Waals surface area contributed by atoms with Crippen molar-refractivity contribution in [2.75, 3.05) is 18.5 Å². The van der Waals surface area contributed by atoms with E-state index in [-0.39, 0.29) is 6.61 Å². The van der Waals surface area contributed by atoms with Gasteiger partial charge in [-0.2, -0.15) is 5.26 Å². The van der Waals surface area contributed by atoms with Crippen molar-refractivity contribution < 1.29 is 10.2 Å². The zero-order chi connectivity index (χ0) is 23.9. The van der Waals surface area contributed by atoms with Gasteiger partial charge in [0.1, 0.15) is 18.0 Å². The van der Waals surface area contributed by atoms with E-state index < -0.39 is 12.1 Å². The van der Waals surface area contributed by atoms with Gasteiger partial charge in [0.05, 0.1) is 19.2 Å². The molecule has 2 atom stereocenters. The van der Waals surface area contributed by atoms with Gasteiger partial charge in [0.15, 0.2) is 0 Å². The van der Waals surface area contributed by atoms with Crippen LogP contribution in [-0.2, 0) is 0 Å². The van der Waals surface area contributed by atoms with Gasteiger partial charge >= 0.3 is 0 Å². The number of nitrogens with zero attached hydrogens (tertiary/aromatic N) is 3. The lowest BCUT2D eigenvalue weighted by molar-refractivity contribution is 0.176. The SMILES string of the molecule is C[C@H](O)c1nccn1[C@@H](C#Cc1ccc(-c2ccc(NC3CC(NCC#N)C3)cc2)cc1)CO. The molecule has 1 aromatic heterocycles. The van der Waals surface area contributed by atoms with Crippen molar-refractivity contribution in [1.29, 1.82) is 5.26 Å². The fourth-order valence-corrected chi connectivity index (χ4v) is 4.11. The highest BCUT2D eigenvalue weighted by Gasteiger charge is 2.28. The van der Waals surface area contributed by atoms with E-state index in [0.29, 0.717) is 24.5 Å². The van der Waals surface area contributed by atoms with Gasteiger partial charge in [0, 0.05) is 35.7 Å². The van der Waals surface area contributed by atoms with Crippen molar-refractivity contribution in [1.82, 2.24) is 14.9 Å². The van der Waals surface area contributed by atoms with Crippen molar-refractivity contribution in [2.24, 2.45) is 0 Å². The fourth-order valence-electron chi connectivity index (χ4n) is 4.11. The number of rotatable bonds is 8. The van der Waals surface area contributed by atoms with Gasteiger partial charge in [-0.3, -0.25) is 0 Å². The summed E-state index contributed by atoms with van der Waals surface area (Å²) in [5.41, 5.74) is 4.18. The molecule has 174 valence electrons. The van der Waals surface area contributed by atoms with Gasteiger partial charge in [-0.15, -0.1) is 0 Å². The number of aromatic nitrogens is 2. The van der Waals surface area contributed by atoms with E-state index in [1.54, 1.807) is 23.9 Å². The van der Waals surface area contributed by atoms with Crippen LogP contribution in [0.5, 0.6) is 0 Å². The molecule has 7 heteroatoms. The molecule has 0 bridgehead atoms. The molecule has 0 saturated heterocycles. The number of imidazole rings is 1. The van der Waals surface area contributed by atoms with Crippen molar-refractivity contribution in [3.05, 3.63) is 72.3 Å². The molecule has 0 radical (unpaired) electrons. The van der Waals surface area contributed by atoms with E-state index in [9.17, 15) is 10.2 Å². The summed E-state index contributed by atoms with van der Waals surface area (Å²) in [5.74, 6) is 6.67. The normalized spacial score (nSPS) is 18.6. The van der Waals surface area contributed by atoms with Gasteiger partial charge in [0.2, 0.25) is 0 Å². The van der Waals surface area contributed by atoms with Gasteiger partial charge < -0.3 is 25.4 Å². The van der Waals surface area contributed by atoms with Crippen LogP contribution >= 0.6 is 0 Å². The summed E-state index contributed by atoms with van der Waals surface area (Å²) < 4.78 is 1.70. The maximum Gasteiger partial charge on any atom is 0.138 e. The number of nitrogens with one attached hydrogen (secondary N) is 2. The number of anilines is 1. The molecule has 1 heterocycles. The van der Waals surface area contributed by atoms with E-state index in [1.807, 2.05) is 24.3 Å². The lowest BCUT2D eigenvalue weighted by Crippen LogP contribution is -2.47. The predicted octanol–water partition coefficient (Wildman–Crippen LogP) is 3.24. The molecular weight excluding hydrogens is 426 g/mol. The Labute approximate surface area is 200 Å². The molecule has 4 rings (SSSR count). The third kappa shape index (κ3) is 5.65. The second-order valence-electron chi connectivity index (χ2n) is 8.54. The maximum atomic E-state index is 9.85. The largest absolute Gasteiger partial charge is 0.393 e. The monoisotopic (exact) mass is 455 g/mol. The minimum atomic E-state index is -0.733. The molecule has 0 unspecified atom stereocenters. The van der Waals surface area contributed by atoms with Crippen LogP contribution < -0.4 is 10.6 Å². The minimum absolute atomic E-state index is 0.167. The van der Waals surface area contributed by atoms with E-state index in [1.165, 1.54) is 0 Å². The second kappa shape index (κ2) is 11.0. The summed E-state index contributed by atoms with van der Waals surface area (Å²) in [6.45, 7) is 1.88. The molecular formula is C27H29N5O2. The molecule has 1 fully saturated rings. The number of nitriles is 1. The standard InChI is InChI=1S/C27H29N5O2/c1-19(34)27-30-14-15-32(27)26(18-33)11-4-20-2-5-21(6-3-20)22-7-9-23(10-8-22)31-25-16-24(17-25)29-13-12-28/h2-3,5-10,14-15,19,24-26,29,31,33-34H,13,16-18H2,1H3/t19-,24?,25?,26-/m0/s1. The van der Waals surface area contributed by atoms with Gasteiger partial charge in [-0.05, 0) is 55.2 Å². The molecule has 0 amide bonds. The molecule has 7 nitrogen and oxygen atoms in total. The quantitative estimate of drug-likeness (QED) is 0.307. The van der Waals surface area contributed by atoms with E-state index in [2.05, 4.69) is 57.8 Å². The Morgan fingerprint density at radius 3 is 2.38 bits per heavy atom. The molecule has 0 spiro atoms. The first kappa shape index (κ1) is 23.5. The fraction of sp³-hybridized carbons (Fsp3) is 0.333. The molecule has 1 saturated carbocycles. The Morgan fingerprint density at radius 2 is 1.76 bits per heavy atom. The lowest BCUT2D eigenvalue weighted by Gasteiger charge is -2.36. The van der Waals surface area contributed by atoms with E-state index >= 15 is 0 Å². The highest BCUT2D eigenvalue weighted by Crippen LogP contribution is 2.26. The molecule has 34 heavy (non-hydrogen) atoms. The predicted molar refractivity (Wildman–Crippen MR) is 132 cm³/mol. The molecule has 1 aliphatic rings. The zero-order valence-electron chi connectivity index (χ0n) is 19.1. The van der Waals surface area contributed by atoms with Gasteiger partial charge in [-0.25, -0.2) is 4.98 Å². The van der Waals surface area contributed by atoms with E-state index in [4.69, 9.17) is 5.26 Å². The van der Waals surface area contributed by atoms with Crippen LogP contribution in [0.1, 0.15) is 43.3 Å². The number of aliphatic hydroxyl groups excluding tert-OH is 2. The summed E-state index contributed by atoms with van der Waals surface area (Å²) in [4.78, 5) is 4.14. The Balaban J connectivity index is 1.36. The highest BCUT2D eigenvalue weighted by molar-refractivity contribution is 5.67. The van der Waals surface area contributed by atoms with Crippen LogP contribution in [0.3, 0.4) is 0 Å². The summed E-state index contributed by atoms with van der Waals surface area (Å²) in [7, 11) is 0. The molecule has 0 aliphatic heterocycles. The van der Waals surface area contributed by atoms with Crippen molar-refractivity contribution in [3.63, 3.8) is 0 Å². The average Bonchev–Trinajstić information content (AvgIpc) is 3.32. The van der Waals surface area contributed by atoms with Crippen LogP contribution in [0.15, 0.2) is 60.9 Å². The Hall–Kier alpha value is -3.62. The minimum Gasteiger partial charge on any atom is -0.393 e. The van der Waals surface area contributed by atoms with Gasteiger partial charge in [0.25, 0.3) is 0 Å². The third-order valence-electron chi connectivity index (χ3n) is 6.05. The summed E-state index contributed by atoms with van der Waals surface area (Å²) in [6, 6.07) is 18.9. The molecule has 3 aromatic rings. The van der Waals surface area contributed by atoms with Gasteiger partial charge in [-0.1, -0.05) is 36.1 Å². The lowest BCUT2D eigenvalue weighted by atomic mass is 9.86. The first-order valence-electron chi connectivity index (χ1n) is 11.5. The number of benzene rings is 2. The molecule has 2 aromatic carbocycles. The molecule has 4 N–H and O–H groups in total. The highest BCUT2D eigenvalue weighted by atomic mass is 16.3. The topological polar surface area (TPSA) is 106 Å². The summed E-state index contributed by atoms with van der Waals surface area (Å²) in [5, 5.41) is 35.0.